The molecule has 0 radical (unpaired) electrons. The summed E-state index contributed by atoms with van der Waals surface area (Å²) in [5.41, 5.74) is 4.32. The Hall–Kier alpha value is -1.87. The van der Waals surface area contributed by atoms with Crippen LogP contribution in [0.25, 0.3) is 11.1 Å². The van der Waals surface area contributed by atoms with Crippen molar-refractivity contribution in [1.29, 1.82) is 0 Å². The first-order chi connectivity index (χ1) is 15.2. The molecule has 2 aliphatic rings. The topological polar surface area (TPSA) is 58.6 Å². The summed E-state index contributed by atoms with van der Waals surface area (Å²) < 4.78 is 62.0. The number of benzene rings is 2. The minimum Gasteiger partial charge on any atom is -0.374 e. The third kappa shape index (κ3) is 5.54. The van der Waals surface area contributed by atoms with Gasteiger partial charge < -0.3 is 4.74 Å². The molecule has 0 amide bonds. The molecule has 2 aromatic carbocycles. The molecule has 8 heteroatoms. The number of halogens is 2. The SMILES string of the molecule is CS(=O)(=O)NC1CCN2C1Cc1cccc(c1)-c1ccccc1CCCCOCC2(F)F. The van der Waals surface area contributed by atoms with E-state index in [-0.39, 0.29) is 13.2 Å². The number of hydrogen-bond acceptors (Lipinski definition) is 4. The van der Waals surface area contributed by atoms with Crippen molar-refractivity contribution in [3.63, 3.8) is 0 Å². The fourth-order valence-corrected chi connectivity index (χ4v) is 5.67. The molecule has 1 saturated heterocycles. The Labute approximate surface area is 188 Å². The summed E-state index contributed by atoms with van der Waals surface area (Å²) in [4.78, 5) is 1.12. The van der Waals surface area contributed by atoms with Gasteiger partial charge in [-0.3, -0.25) is 0 Å². The average Bonchev–Trinajstić information content (AvgIpc) is 3.12. The summed E-state index contributed by atoms with van der Waals surface area (Å²) in [5.74, 6) is 0. The molecule has 1 N–H and O–H groups in total. The highest BCUT2D eigenvalue weighted by atomic mass is 32.2. The summed E-state index contributed by atoms with van der Waals surface area (Å²) in [5, 5.41) is 0. The second-order valence-electron chi connectivity index (χ2n) is 8.78. The van der Waals surface area contributed by atoms with Crippen molar-refractivity contribution >= 4 is 10.0 Å². The molecule has 174 valence electrons. The maximum absolute atomic E-state index is 15.1. The predicted molar refractivity (Wildman–Crippen MR) is 121 cm³/mol. The summed E-state index contributed by atoms with van der Waals surface area (Å²) in [6.45, 7) is -0.308. The Kier molecular flexibility index (Phi) is 6.95. The van der Waals surface area contributed by atoms with Crippen LogP contribution < -0.4 is 4.72 Å². The van der Waals surface area contributed by atoms with Crippen molar-refractivity contribution in [2.45, 2.75) is 50.2 Å². The third-order valence-corrected chi connectivity index (χ3v) is 7.02. The van der Waals surface area contributed by atoms with Gasteiger partial charge in [-0.15, -0.1) is 0 Å². The molecule has 32 heavy (non-hydrogen) atoms. The molecule has 0 aliphatic carbocycles. The molecule has 0 saturated carbocycles. The van der Waals surface area contributed by atoms with Crippen molar-refractivity contribution in [2.75, 3.05) is 26.0 Å². The van der Waals surface area contributed by atoms with E-state index in [1.807, 2.05) is 36.4 Å². The fourth-order valence-electron chi connectivity index (χ4n) is 4.85. The Bertz CT molecular complexity index is 1050. The highest BCUT2D eigenvalue weighted by molar-refractivity contribution is 7.88. The number of sulfonamides is 1. The number of fused-ring (bicyclic) bond motifs is 5. The fraction of sp³-hybridized carbons (Fsp3) is 0.500. The highest BCUT2D eigenvalue weighted by Gasteiger charge is 2.48. The van der Waals surface area contributed by atoms with Gasteiger partial charge in [0.25, 0.3) is 0 Å². The Morgan fingerprint density at radius 3 is 2.75 bits per heavy atom. The molecule has 0 spiro atoms. The van der Waals surface area contributed by atoms with Crippen molar-refractivity contribution in [2.24, 2.45) is 0 Å². The second-order valence-corrected chi connectivity index (χ2v) is 10.6. The number of nitrogens with one attached hydrogen (secondary N) is 1. The molecule has 1 fully saturated rings. The van der Waals surface area contributed by atoms with Gasteiger partial charge in [0.05, 0.1) is 6.26 Å². The van der Waals surface area contributed by atoms with Gasteiger partial charge >= 0.3 is 6.05 Å². The molecule has 2 atom stereocenters. The number of nitrogens with zero attached hydrogens (tertiary/aromatic N) is 1. The molecular formula is C24H30F2N2O3S. The van der Waals surface area contributed by atoms with E-state index in [1.54, 1.807) is 0 Å². The largest absolute Gasteiger partial charge is 0.374 e. The van der Waals surface area contributed by atoms with E-state index in [2.05, 4.69) is 16.9 Å². The summed E-state index contributed by atoms with van der Waals surface area (Å²) in [6, 6.07) is 11.8. The van der Waals surface area contributed by atoms with E-state index in [4.69, 9.17) is 4.74 Å². The van der Waals surface area contributed by atoms with Crippen LogP contribution in [0.15, 0.2) is 48.5 Å². The van der Waals surface area contributed by atoms with Crippen LogP contribution in [0.2, 0.25) is 0 Å². The zero-order chi connectivity index (χ0) is 22.8. The molecule has 2 heterocycles. The minimum atomic E-state index is -3.52. The number of hydrogen-bond donors (Lipinski definition) is 1. The van der Waals surface area contributed by atoms with E-state index in [0.29, 0.717) is 19.3 Å². The lowest BCUT2D eigenvalue weighted by molar-refractivity contribution is -0.191. The van der Waals surface area contributed by atoms with Crippen LogP contribution in [0.4, 0.5) is 8.78 Å². The maximum atomic E-state index is 15.1. The quantitative estimate of drug-likeness (QED) is 0.687. The number of aryl methyl sites for hydroxylation is 1. The van der Waals surface area contributed by atoms with Crippen molar-refractivity contribution in [3.8, 4) is 11.1 Å². The van der Waals surface area contributed by atoms with Crippen LogP contribution in [0, 0.1) is 0 Å². The van der Waals surface area contributed by atoms with Crippen LogP contribution in [-0.2, 0) is 27.6 Å². The summed E-state index contributed by atoms with van der Waals surface area (Å²) >= 11 is 0. The lowest BCUT2D eigenvalue weighted by atomic mass is 9.93. The lowest BCUT2D eigenvalue weighted by Crippen LogP contribution is -2.53. The van der Waals surface area contributed by atoms with Crippen LogP contribution in [-0.4, -0.2) is 57.5 Å². The van der Waals surface area contributed by atoms with Crippen LogP contribution in [0.3, 0.4) is 0 Å². The standard InChI is InChI=1S/C24H30F2N2O3S/c1-32(29,30)27-22-12-13-28-23(22)16-18-7-6-10-20(15-18)21-11-3-2-8-19(21)9-4-5-14-31-17-24(28,25)26/h2-3,6-8,10-11,15,22-23,27H,4-5,9,12-14,16-17H2,1H3. The van der Waals surface area contributed by atoms with Crippen LogP contribution in [0.1, 0.15) is 30.4 Å². The monoisotopic (exact) mass is 464 g/mol. The van der Waals surface area contributed by atoms with E-state index in [1.165, 1.54) is 5.56 Å². The van der Waals surface area contributed by atoms with E-state index < -0.39 is 34.8 Å². The van der Waals surface area contributed by atoms with Gasteiger partial charge in [0.15, 0.2) is 0 Å². The molecular weight excluding hydrogens is 434 g/mol. The first-order valence-corrected chi connectivity index (χ1v) is 13.0. The van der Waals surface area contributed by atoms with Crippen molar-refractivity contribution in [1.82, 2.24) is 9.62 Å². The van der Waals surface area contributed by atoms with Gasteiger partial charge in [-0.25, -0.2) is 18.0 Å². The van der Waals surface area contributed by atoms with Crippen LogP contribution in [0.5, 0.6) is 0 Å². The van der Waals surface area contributed by atoms with Gasteiger partial charge in [0.2, 0.25) is 10.0 Å². The average molecular weight is 465 g/mol. The molecule has 2 aliphatic heterocycles. The molecule has 2 bridgehead atoms. The molecule has 0 aromatic heterocycles. The Morgan fingerprint density at radius 2 is 1.94 bits per heavy atom. The molecule has 5 nitrogen and oxygen atoms in total. The van der Waals surface area contributed by atoms with Gasteiger partial charge in [-0.1, -0.05) is 48.5 Å². The zero-order valence-electron chi connectivity index (χ0n) is 18.3. The van der Waals surface area contributed by atoms with E-state index in [9.17, 15) is 8.42 Å². The zero-order valence-corrected chi connectivity index (χ0v) is 19.1. The Balaban J connectivity index is 1.72. The van der Waals surface area contributed by atoms with E-state index in [0.717, 1.165) is 40.7 Å². The molecule has 2 aromatic rings. The summed E-state index contributed by atoms with van der Waals surface area (Å²) in [6.07, 6.45) is 4.13. The van der Waals surface area contributed by atoms with Gasteiger partial charge in [0, 0.05) is 25.2 Å². The molecule has 2 unspecified atom stereocenters. The second kappa shape index (κ2) is 9.55. The van der Waals surface area contributed by atoms with Crippen molar-refractivity contribution < 1.29 is 21.9 Å². The minimum absolute atomic E-state index is 0.108. The van der Waals surface area contributed by atoms with Gasteiger partial charge in [-0.2, -0.15) is 8.78 Å². The van der Waals surface area contributed by atoms with Crippen molar-refractivity contribution in [3.05, 3.63) is 59.7 Å². The number of alkyl halides is 2. The first-order valence-electron chi connectivity index (χ1n) is 11.1. The normalized spacial score (nSPS) is 24.7. The van der Waals surface area contributed by atoms with Gasteiger partial charge in [-0.05, 0) is 54.4 Å². The molecule has 4 rings (SSSR count). The Morgan fingerprint density at radius 1 is 1.12 bits per heavy atom. The predicted octanol–water partition coefficient (Wildman–Crippen LogP) is 3.83. The third-order valence-electron chi connectivity index (χ3n) is 6.29. The summed E-state index contributed by atoms with van der Waals surface area (Å²) in [7, 11) is -3.52. The first kappa shape index (κ1) is 23.3. The van der Waals surface area contributed by atoms with E-state index >= 15 is 8.78 Å². The number of ether oxygens (including phenoxy) is 1. The highest BCUT2D eigenvalue weighted by Crippen LogP contribution is 2.34. The number of rotatable bonds is 2. The van der Waals surface area contributed by atoms with Crippen LogP contribution >= 0.6 is 0 Å². The maximum Gasteiger partial charge on any atom is 0.328 e. The lowest BCUT2D eigenvalue weighted by Gasteiger charge is -2.34. The smallest absolute Gasteiger partial charge is 0.328 e. The van der Waals surface area contributed by atoms with Gasteiger partial charge in [0.1, 0.15) is 6.61 Å².